The number of halogens is 2. The number of fused-ring (bicyclic) bond motifs is 16. The molecule has 11 rings (SSSR count). The maximum absolute atomic E-state index is 15.7. The summed E-state index contributed by atoms with van der Waals surface area (Å²) in [7, 11) is 1.48. The second kappa shape index (κ2) is 31.4. The number of nitrogens with two attached hydrogens (primary N) is 2. The highest BCUT2D eigenvalue weighted by molar-refractivity contribution is 6.32. The molecule has 5 aromatic rings. The lowest BCUT2D eigenvalue weighted by Crippen LogP contribution is -2.64. The van der Waals surface area contributed by atoms with E-state index in [-0.39, 0.29) is 51.8 Å². The summed E-state index contributed by atoms with van der Waals surface area (Å²) in [6.07, 6.45) is -18.5. The molecular weight excluding hydrogens is 1370 g/mol. The minimum atomic E-state index is -2.40. The van der Waals surface area contributed by atoms with Crippen LogP contribution >= 0.6 is 23.2 Å². The molecule has 101 heavy (non-hydrogen) atoms. The fourth-order valence-corrected chi connectivity index (χ4v) is 12.6. The summed E-state index contributed by atoms with van der Waals surface area (Å²) in [4.78, 5) is 113. The first kappa shape index (κ1) is 76.1. The van der Waals surface area contributed by atoms with Crippen LogP contribution in [-0.4, -0.2) is 185 Å². The van der Waals surface area contributed by atoms with Crippen molar-refractivity contribution in [3.05, 3.63) is 122 Å². The number of aliphatic carboxylic acids is 1. The zero-order valence-corrected chi connectivity index (χ0v) is 56.3. The van der Waals surface area contributed by atoms with Gasteiger partial charge in [-0.1, -0.05) is 60.4 Å². The number of carboxylic acid groups (broad SMARTS) is 1. The van der Waals surface area contributed by atoms with Crippen LogP contribution in [0.1, 0.15) is 112 Å². The Morgan fingerprint density at radius 1 is 0.752 bits per heavy atom. The molecule has 6 aliphatic rings. The number of ether oxygens (including phenoxy) is 6. The van der Waals surface area contributed by atoms with E-state index in [1.165, 1.54) is 46.0 Å². The lowest BCUT2D eigenvalue weighted by atomic mass is 9.86. The first-order valence-corrected chi connectivity index (χ1v) is 32.4. The van der Waals surface area contributed by atoms with Crippen molar-refractivity contribution in [1.82, 2.24) is 31.9 Å². The number of nitrogens with one attached hydrogen (secondary N) is 6. The molecule has 20 N–H and O–H groups in total. The Bertz CT molecular complexity index is 4000. The molecular formula is C66H77Cl2N9O24. The zero-order valence-electron chi connectivity index (χ0n) is 54.8. The maximum atomic E-state index is 15.7. The standard InChI is InChI=1S/C66H77Cl2N9O24/c1-24(2)13-36(71-6)59(88)76-50-52(83)28-8-11-40(34(67)15-28)97-42-17-30-18-43(56(42)101-65-57(55(86)54(85)44(23-78)99-65)100-46-22-66(5,70)58(87)26(4)96-46)98-41-12-9-29(16-35(41)68)53(84)51(77-95)63(92)75-49(64(93)94)33-19-31(79)20-39(81)47(33)32-14-27(7-10-38(32)80)25(3)72-61(90)48(30)74-60(89)37(21-45(69)82)73-62(50)91/h7-12,14-20,24-26,36-37,44,46,48-55,57-58,65,71,78-81,83-87H,13,21-23,70H2,1-6H3,(H2,69,82)(H,72,90)(H,73,91)(H,74,89)(H,75,92)(H,76,88)(H,93,94)/t25-,26-,36+,37-,44+,46-,48+,49-,50+,51-,52+,53+,54+,55-,57+,58+,65-,66-/m0/s1. The Balaban J connectivity index is 1.32. The molecule has 0 radical (unpaired) electrons. The van der Waals surface area contributed by atoms with Gasteiger partial charge in [-0.3, -0.25) is 28.8 Å². The average Bonchev–Trinajstić information content (AvgIpc) is 0.776. The van der Waals surface area contributed by atoms with Gasteiger partial charge in [-0.2, -0.15) is 0 Å². The van der Waals surface area contributed by atoms with Crippen LogP contribution in [0.3, 0.4) is 0 Å². The van der Waals surface area contributed by atoms with Crippen molar-refractivity contribution in [1.29, 1.82) is 0 Å². The molecule has 6 amide bonds. The molecule has 0 saturated carbocycles. The van der Waals surface area contributed by atoms with Crippen LogP contribution < -0.4 is 57.6 Å². The van der Waals surface area contributed by atoms with Crippen molar-refractivity contribution in [2.45, 2.75) is 163 Å². The van der Waals surface area contributed by atoms with E-state index in [1.54, 1.807) is 0 Å². The van der Waals surface area contributed by atoms with Gasteiger partial charge in [0.15, 0.2) is 36.0 Å². The molecule has 5 aromatic carbocycles. The number of phenolic OH excluding ortho intramolecular Hbond substituents is 3. The van der Waals surface area contributed by atoms with Gasteiger partial charge in [-0.05, 0) is 117 Å². The Labute approximate surface area is 585 Å². The molecule has 18 atom stereocenters. The fraction of sp³-hybridized carbons (Fsp3) is 0.439. The molecule has 33 nitrogen and oxygen atoms in total. The van der Waals surface area contributed by atoms with E-state index in [1.807, 2.05) is 13.8 Å². The number of rotatable bonds is 14. The Morgan fingerprint density at radius 2 is 1.38 bits per heavy atom. The lowest BCUT2D eigenvalue weighted by molar-refractivity contribution is -0.333. The molecule has 2 saturated heterocycles. The number of primary amides is 1. The lowest BCUT2D eigenvalue weighted by Gasteiger charge is -2.47. The second-order valence-corrected chi connectivity index (χ2v) is 26.4. The number of carbonyl (C=O) groups excluding carboxylic acids is 6. The molecule has 544 valence electrons. The number of carbonyl (C=O) groups is 7. The number of aromatic hydroxyl groups is 3. The van der Waals surface area contributed by atoms with Crippen LogP contribution in [0.2, 0.25) is 10.0 Å². The van der Waals surface area contributed by atoms with Crippen LogP contribution in [0.15, 0.2) is 84.0 Å². The van der Waals surface area contributed by atoms with Gasteiger partial charge in [0.2, 0.25) is 41.6 Å². The molecule has 0 aromatic heterocycles. The molecule has 6 aliphatic heterocycles. The molecule has 2 fully saturated rings. The normalized spacial score (nSPS) is 29.0. The molecule has 6 heterocycles. The largest absolute Gasteiger partial charge is 0.508 e. The molecule has 0 spiro atoms. The summed E-state index contributed by atoms with van der Waals surface area (Å²) in [5.74, 6) is -14.2. The number of likely N-dealkylation sites (N-methyl/N-ethyl adjacent to an activating group) is 1. The third kappa shape index (κ3) is 16.8. The van der Waals surface area contributed by atoms with Gasteiger partial charge >= 0.3 is 5.97 Å². The summed E-state index contributed by atoms with van der Waals surface area (Å²) in [5, 5.41) is 130. The number of amides is 6. The summed E-state index contributed by atoms with van der Waals surface area (Å²) < 4.78 is 38.3. The number of aliphatic hydroxyl groups excluding tert-OH is 6. The highest BCUT2D eigenvalue weighted by atomic mass is 35.5. The van der Waals surface area contributed by atoms with Crippen LogP contribution in [-0.2, 0) is 47.8 Å². The number of aliphatic hydroxyl groups is 6. The van der Waals surface area contributed by atoms with E-state index in [2.05, 4.69) is 37.1 Å². The number of nitroso groups, excluding NO2 is 1. The second-order valence-electron chi connectivity index (χ2n) is 25.6. The SMILES string of the molecule is CN[C@H](CC(C)C)C(=O)N[C@H]1C(=O)N[C@@H](CC(N)=O)C(=O)N[C@H]2C(=O)N[C@@H](C)c3ccc(O)c(c3)-c3c(O)cc(O)cc3[C@@H](C(=O)O)NC(=O)[C@@H](N=O)[C@H](O)c3ccc(c(Cl)c3)Oc3cc2cc(c3O[C@@H]2O[C@H](CO)[C@@H](O)[C@H](O)[C@H]2O[C@H]2C[C@](C)(N)[C@H](O)[C@H](C)O2)Oc2ccc(cc2Cl)[C@H]1O. The zero-order chi connectivity index (χ0) is 74.0. The van der Waals surface area contributed by atoms with E-state index in [4.69, 9.17) is 63.1 Å². The van der Waals surface area contributed by atoms with Crippen molar-refractivity contribution in [2.24, 2.45) is 22.6 Å². The minimum Gasteiger partial charge on any atom is -0.508 e. The fourth-order valence-electron chi connectivity index (χ4n) is 12.1. The summed E-state index contributed by atoms with van der Waals surface area (Å²) >= 11 is 14.0. The van der Waals surface area contributed by atoms with Crippen LogP contribution in [0.4, 0.5) is 0 Å². The van der Waals surface area contributed by atoms with Gasteiger partial charge in [0.25, 0.3) is 5.91 Å². The van der Waals surface area contributed by atoms with Gasteiger partial charge in [-0.15, -0.1) is 4.91 Å². The van der Waals surface area contributed by atoms with E-state index in [0.717, 1.165) is 60.7 Å². The number of hydrogen-bond acceptors (Lipinski definition) is 26. The van der Waals surface area contributed by atoms with Crippen molar-refractivity contribution in [3.63, 3.8) is 0 Å². The van der Waals surface area contributed by atoms with Crippen molar-refractivity contribution in [3.8, 4) is 57.1 Å². The first-order chi connectivity index (χ1) is 47.6. The number of phenols is 3. The predicted molar refractivity (Wildman–Crippen MR) is 353 cm³/mol. The van der Waals surface area contributed by atoms with Gasteiger partial charge in [-0.25, -0.2) is 4.79 Å². The third-order valence-corrected chi connectivity index (χ3v) is 18.1. The molecule has 35 heteroatoms. The Hall–Kier alpha value is -9.07. The minimum absolute atomic E-state index is 0.0283. The van der Waals surface area contributed by atoms with Crippen molar-refractivity contribution in [2.75, 3.05) is 13.7 Å². The topological polar surface area (TPSA) is 531 Å². The third-order valence-electron chi connectivity index (χ3n) is 17.5. The number of benzene rings is 5. The summed E-state index contributed by atoms with van der Waals surface area (Å²) in [6.45, 7) is 7.06. The summed E-state index contributed by atoms with van der Waals surface area (Å²) in [6, 6.07) is 0.688. The molecule has 0 aliphatic carbocycles. The first-order valence-electron chi connectivity index (χ1n) is 31.6. The molecule has 0 unspecified atom stereocenters. The number of hydrogen-bond donors (Lipinski definition) is 18. The van der Waals surface area contributed by atoms with Crippen LogP contribution in [0, 0.1) is 10.8 Å². The van der Waals surface area contributed by atoms with E-state index < -0.39 is 226 Å². The van der Waals surface area contributed by atoms with Gasteiger partial charge in [0.05, 0.1) is 47.4 Å². The average molecular weight is 1450 g/mol. The highest BCUT2D eigenvalue weighted by Gasteiger charge is 2.51. The quantitative estimate of drug-likeness (QED) is 0.0704. The Kier molecular flexibility index (Phi) is 23.7. The number of nitrogens with zero attached hydrogens (tertiary/aromatic N) is 1. The van der Waals surface area contributed by atoms with E-state index >= 15 is 9.59 Å². The summed E-state index contributed by atoms with van der Waals surface area (Å²) in [5.41, 5.74) is 8.44. The highest BCUT2D eigenvalue weighted by Crippen LogP contribution is 2.50. The van der Waals surface area contributed by atoms with Crippen LogP contribution in [0.25, 0.3) is 11.1 Å². The Morgan fingerprint density at radius 3 is 1.94 bits per heavy atom. The predicted octanol–water partition coefficient (Wildman–Crippen LogP) is 1.76. The van der Waals surface area contributed by atoms with Gasteiger partial charge in [0.1, 0.15) is 77.4 Å². The molecule has 9 bridgehead atoms. The van der Waals surface area contributed by atoms with Crippen molar-refractivity contribution >= 4 is 64.6 Å². The van der Waals surface area contributed by atoms with Gasteiger partial charge in [0, 0.05) is 34.7 Å². The maximum Gasteiger partial charge on any atom is 0.330 e. The smallest absolute Gasteiger partial charge is 0.330 e. The van der Waals surface area contributed by atoms with E-state index in [9.17, 15) is 79.9 Å². The number of carboxylic acids is 1. The van der Waals surface area contributed by atoms with E-state index in [0.29, 0.717) is 0 Å². The van der Waals surface area contributed by atoms with Crippen LogP contribution in [0.5, 0.6) is 46.0 Å². The van der Waals surface area contributed by atoms with Gasteiger partial charge < -0.3 is 123 Å². The monoisotopic (exact) mass is 1450 g/mol. The van der Waals surface area contributed by atoms with Crippen molar-refractivity contribution < 1.29 is 113 Å².